The lowest BCUT2D eigenvalue weighted by Crippen LogP contribution is -3.24. The molecule has 2 nitrogen and oxygen atoms in total. The van der Waals surface area contributed by atoms with Crippen LogP contribution in [0.3, 0.4) is 0 Å². The molecule has 20 heavy (non-hydrogen) atoms. The molecule has 0 saturated carbocycles. The van der Waals surface area contributed by atoms with Crippen LogP contribution in [0.5, 0.6) is 0 Å². The van der Waals surface area contributed by atoms with Gasteiger partial charge in [0.2, 0.25) is 0 Å². The molecule has 1 saturated heterocycles. The van der Waals surface area contributed by atoms with Crippen LogP contribution in [0.25, 0.3) is 0 Å². The normalized spacial score (nSPS) is 28.5. The molecule has 0 aromatic heterocycles. The summed E-state index contributed by atoms with van der Waals surface area (Å²) in [5, 5.41) is 14.1. The largest absolute Gasteiger partial charge is 0.633 e. The van der Waals surface area contributed by atoms with Gasteiger partial charge in [-0.3, -0.25) is 0 Å². The van der Waals surface area contributed by atoms with Crippen molar-refractivity contribution < 1.29 is 5.06 Å². The Balaban J connectivity index is 3.11. The number of hydrogen-bond acceptors (Lipinski definition) is 1. The summed E-state index contributed by atoms with van der Waals surface area (Å²) in [7, 11) is 0. The third kappa shape index (κ3) is 3.57. The molecule has 0 bridgehead atoms. The van der Waals surface area contributed by atoms with E-state index in [-0.39, 0.29) is 11.1 Å². The molecule has 1 fully saturated rings. The average molecular weight is 283 g/mol. The molecule has 1 N–H and O–H groups in total. The van der Waals surface area contributed by atoms with Crippen molar-refractivity contribution in [3.8, 4) is 0 Å². The van der Waals surface area contributed by atoms with Gasteiger partial charge in [-0.25, -0.2) is 0 Å². The Labute approximate surface area is 126 Å². The van der Waals surface area contributed by atoms with E-state index in [1.807, 2.05) is 0 Å². The van der Waals surface area contributed by atoms with Crippen molar-refractivity contribution in [1.29, 1.82) is 0 Å². The Morgan fingerprint density at radius 1 is 0.800 bits per heavy atom. The van der Waals surface area contributed by atoms with Crippen LogP contribution >= 0.6 is 0 Å². The fourth-order valence-corrected chi connectivity index (χ4v) is 5.18. The van der Waals surface area contributed by atoms with Gasteiger partial charge in [-0.05, 0) is 5.92 Å². The van der Waals surface area contributed by atoms with Gasteiger partial charge in [-0.15, -0.1) is 0 Å². The topological polar surface area (TPSA) is 27.5 Å². The van der Waals surface area contributed by atoms with Crippen molar-refractivity contribution in [2.75, 3.05) is 0 Å². The quantitative estimate of drug-likeness (QED) is 0.654. The van der Waals surface area contributed by atoms with Crippen LogP contribution in [-0.2, 0) is 0 Å². The Kier molecular flexibility index (Phi) is 7.00. The van der Waals surface area contributed by atoms with Crippen molar-refractivity contribution in [3.05, 3.63) is 5.21 Å². The van der Waals surface area contributed by atoms with Gasteiger partial charge in [0.1, 0.15) is 0 Å². The van der Waals surface area contributed by atoms with E-state index in [1.165, 1.54) is 0 Å². The van der Waals surface area contributed by atoms with Crippen molar-refractivity contribution in [1.82, 2.24) is 0 Å². The Hall–Kier alpha value is -0.0800. The number of piperidine rings is 1. The third-order valence-corrected chi connectivity index (χ3v) is 5.36. The molecule has 0 spiro atoms. The fourth-order valence-electron chi connectivity index (χ4n) is 5.18. The Morgan fingerprint density at radius 3 is 1.35 bits per heavy atom. The van der Waals surface area contributed by atoms with Crippen molar-refractivity contribution >= 4 is 0 Å². The first-order chi connectivity index (χ1) is 9.50. The summed E-state index contributed by atoms with van der Waals surface area (Å²) < 4.78 is 0. The van der Waals surface area contributed by atoms with E-state index >= 15 is 0 Å². The highest BCUT2D eigenvalue weighted by Crippen LogP contribution is 2.38. The lowest BCUT2D eigenvalue weighted by atomic mass is 9.67. The van der Waals surface area contributed by atoms with Crippen LogP contribution in [-0.4, -0.2) is 11.1 Å². The molecule has 0 aromatic carbocycles. The Morgan fingerprint density at radius 2 is 1.10 bits per heavy atom. The maximum atomic E-state index is 13.5. The maximum Gasteiger partial charge on any atom is 0.0980 e. The highest BCUT2D eigenvalue weighted by atomic mass is 16.5. The molecule has 120 valence electrons. The zero-order valence-corrected chi connectivity index (χ0v) is 14.6. The maximum absolute atomic E-state index is 13.5. The molecule has 1 aliphatic heterocycles. The highest BCUT2D eigenvalue weighted by Gasteiger charge is 2.51. The van der Waals surface area contributed by atoms with Crippen LogP contribution < -0.4 is 5.06 Å². The van der Waals surface area contributed by atoms with E-state index < -0.39 is 0 Å². The monoisotopic (exact) mass is 283 g/mol. The number of hydroxylamine groups is 2. The van der Waals surface area contributed by atoms with Crippen molar-refractivity contribution in [3.63, 3.8) is 0 Å². The van der Waals surface area contributed by atoms with E-state index in [9.17, 15) is 5.21 Å². The van der Waals surface area contributed by atoms with Gasteiger partial charge in [0.15, 0.2) is 0 Å². The van der Waals surface area contributed by atoms with Gasteiger partial charge in [0.05, 0.1) is 11.1 Å². The minimum Gasteiger partial charge on any atom is -0.633 e. The molecule has 1 aliphatic rings. The van der Waals surface area contributed by atoms with Gasteiger partial charge < -0.3 is 10.3 Å². The van der Waals surface area contributed by atoms with Gasteiger partial charge >= 0.3 is 0 Å². The first-order valence-corrected chi connectivity index (χ1v) is 9.05. The summed E-state index contributed by atoms with van der Waals surface area (Å²) in [4.78, 5) is 0. The number of hydrogen-bond donors (Lipinski definition) is 1. The average Bonchev–Trinajstić information content (AvgIpc) is 2.37. The number of rotatable bonds is 8. The fraction of sp³-hybridized carbons (Fsp3) is 1.00. The molecule has 0 aromatic rings. The first kappa shape index (κ1) is 18.0. The summed E-state index contributed by atoms with van der Waals surface area (Å²) in [5.74, 6) is 0.712. The second kappa shape index (κ2) is 7.79. The first-order valence-electron chi connectivity index (χ1n) is 9.05. The zero-order chi connectivity index (χ0) is 15.2. The van der Waals surface area contributed by atoms with Gasteiger partial charge in [0, 0.05) is 38.5 Å². The van der Waals surface area contributed by atoms with Gasteiger partial charge in [0.25, 0.3) is 0 Å². The van der Waals surface area contributed by atoms with Crippen LogP contribution in [0.15, 0.2) is 0 Å². The van der Waals surface area contributed by atoms with Crippen molar-refractivity contribution in [2.24, 2.45) is 5.92 Å². The molecule has 0 atom stereocenters. The molecule has 0 radical (unpaired) electrons. The number of quaternary nitrogens is 1. The van der Waals surface area contributed by atoms with Gasteiger partial charge in [-0.1, -0.05) is 60.3 Å². The SMILES string of the molecule is CCCC1(CCC)CC(C)CC(CCC)(CCC)[NH+]1[O-]. The molecule has 1 rings (SSSR count). The summed E-state index contributed by atoms with van der Waals surface area (Å²) in [6, 6.07) is 0. The molecule has 2 heteroatoms. The van der Waals surface area contributed by atoms with Crippen LogP contribution in [0.1, 0.15) is 98.8 Å². The van der Waals surface area contributed by atoms with E-state index in [0.29, 0.717) is 11.0 Å². The van der Waals surface area contributed by atoms with Crippen LogP contribution in [0, 0.1) is 11.1 Å². The number of nitrogens with one attached hydrogen (secondary N) is 1. The molecule has 0 unspecified atom stereocenters. The second-order valence-electron chi connectivity index (χ2n) is 7.40. The highest BCUT2D eigenvalue weighted by molar-refractivity contribution is 4.93. The molecule has 1 heterocycles. The molecule has 0 amide bonds. The third-order valence-electron chi connectivity index (χ3n) is 5.36. The van der Waals surface area contributed by atoms with Crippen molar-refractivity contribution in [2.45, 2.75) is 110 Å². The van der Waals surface area contributed by atoms with E-state index in [0.717, 1.165) is 64.2 Å². The van der Waals surface area contributed by atoms with E-state index in [1.54, 1.807) is 0 Å². The standard InChI is InChI=1S/C18H37NO/c1-6-10-17(11-7-2)14-16(5)15-18(12-8-3,13-9-4)19(17)20/h16,19H,6-15H2,1-5H3. The minimum absolute atomic E-state index is 0.00546. The predicted molar refractivity (Wildman–Crippen MR) is 87.8 cm³/mol. The van der Waals surface area contributed by atoms with E-state index in [2.05, 4.69) is 34.6 Å². The van der Waals surface area contributed by atoms with Gasteiger partial charge in [-0.2, -0.15) is 0 Å². The Bertz CT molecular complexity index is 239. The summed E-state index contributed by atoms with van der Waals surface area (Å²) in [6.07, 6.45) is 11.3. The summed E-state index contributed by atoms with van der Waals surface area (Å²) in [5.41, 5.74) is 0.0109. The molecule has 0 aliphatic carbocycles. The lowest BCUT2D eigenvalue weighted by molar-refractivity contribution is -0.967. The van der Waals surface area contributed by atoms with Crippen LogP contribution in [0.2, 0.25) is 0 Å². The summed E-state index contributed by atoms with van der Waals surface area (Å²) >= 11 is 0. The van der Waals surface area contributed by atoms with Crippen LogP contribution in [0.4, 0.5) is 0 Å². The molecular formula is C18H37NO. The summed E-state index contributed by atoms with van der Waals surface area (Å²) in [6.45, 7) is 11.3. The lowest BCUT2D eigenvalue weighted by Gasteiger charge is -2.59. The zero-order valence-electron chi connectivity index (χ0n) is 14.6. The molecular weight excluding hydrogens is 246 g/mol. The smallest absolute Gasteiger partial charge is 0.0980 e. The minimum atomic E-state index is 0.00546. The predicted octanol–water partition coefficient (Wildman–Crippen LogP) is 4.48. The second-order valence-corrected chi connectivity index (χ2v) is 7.40. The van der Waals surface area contributed by atoms with E-state index in [4.69, 9.17) is 0 Å².